The first-order valence-electron chi connectivity index (χ1n) is 11.9. The van der Waals surface area contributed by atoms with E-state index in [1.807, 2.05) is 6.07 Å². The molecule has 2 aromatic carbocycles. The number of halogens is 3. The molecular weight excluding hydrogens is 523 g/mol. The van der Waals surface area contributed by atoms with Crippen LogP contribution in [0.15, 0.2) is 59.5 Å². The van der Waals surface area contributed by atoms with E-state index in [4.69, 9.17) is 4.74 Å². The SMILES string of the molecule is CC1Cc2cc(S(=O)(=O)Nc3cccc(-c4ccc(N5CCOCC5)nn4)c3)ccc2N1C(=O)C(F)(F)F. The van der Waals surface area contributed by atoms with Crippen LogP contribution in [0.3, 0.4) is 0 Å². The van der Waals surface area contributed by atoms with Crippen LogP contribution in [-0.2, 0) is 26.0 Å². The highest BCUT2D eigenvalue weighted by molar-refractivity contribution is 7.92. The van der Waals surface area contributed by atoms with E-state index in [1.54, 1.807) is 30.3 Å². The summed E-state index contributed by atoms with van der Waals surface area (Å²) in [7, 11) is -4.07. The number of morpholine rings is 1. The molecule has 1 fully saturated rings. The molecule has 0 bridgehead atoms. The van der Waals surface area contributed by atoms with Gasteiger partial charge in [0.1, 0.15) is 0 Å². The number of nitrogens with one attached hydrogen (secondary N) is 1. The molecule has 1 amide bonds. The summed E-state index contributed by atoms with van der Waals surface area (Å²) in [6, 6.07) is 13.3. The fraction of sp³-hybridized carbons (Fsp3) is 0.320. The first-order chi connectivity index (χ1) is 18.0. The number of anilines is 3. The third-order valence-corrected chi connectivity index (χ3v) is 7.81. The number of fused-ring (bicyclic) bond motifs is 1. The summed E-state index contributed by atoms with van der Waals surface area (Å²) < 4.78 is 73.2. The topological polar surface area (TPSA) is 105 Å². The van der Waals surface area contributed by atoms with Crippen molar-refractivity contribution in [3.63, 3.8) is 0 Å². The molecule has 3 heterocycles. The molecule has 1 saturated heterocycles. The van der Waals surface area contributed by atoms with Gasteiger partial charge in [-0.1, -0.05) is 12.1 Å². The molecule has 1 N–H and O–H groups in total. The van der Waals surface area contributed by atoms with Crippen LogP contribution in [0.25, 0.3) is 11.3 Å². The van der Waals surface area contributed by atoms with Crippen molar-refractivity contribution >= 4 is 33.1 Å². The highest BCUT2D eigenvalue weighted by atomic mass is 32.2. The fourth-order valence-corrected chi connectivity index (χ4v) is 5.72. The molecule has 2 aliphatic heterocycles. The van der Waals surface area contributed by atoms with Crippen LogP contribution >= 0.6 is 0 Å². The van der Waals surface area contributed by atoms with Crippen LogP contribution in [0, 0.1) is 0 Å². The Morgan fingerprint density at radius 2 is 1.82 bits per heavy atom. The number of hydrogen-bond donors (Lipinski definition) is 1. The van der Waals surface area contributed by atoms with E-state index in [2.05, 4.69) is 19.8 Å². The maximum atomic E-state index is 13.1. The Labute approximate surface area is 217 Å². The molecule has 0 aliphatic carbocycles. The van der Waals surface area contributed by atoms with Crippen LogP contribution in [-0.4, -0.2) is 63.0 Å². The summed E-state index contributed by atoms with van der Waals surface area (Å²) >= 11 is 0. The van der Waals surface area contributed by atoms with Gasteiger partial charge in [-0.2, -0.15) is 13.2 Å². The number of nitrogens with zero attached hydrogens (tertiary/aromatic N) is 4. The zero-order valence-electron chi connectivity index (χ0n) is 20.3. The third kappa shape index (κ3) is 5.16. The second kappa shape index (κ2) is 9.87. The smallest absolute Gasteiger partial charge is 0.378 e. The summed E-state index contributed by atoms with van der Waals surface area (Å²) in [4.78, 5) is 14.5. The summed E-state index contributed by atoms with van der Waals surface area (Å²) in [5.41, 5.74) is 1.89. The standard InChI is InChI=1S/C25H24F3N5O4S/c1-16-13-18-15-20(5-7-22(18)33(16)24(34)25(26,27)28)38(35,36)31-19-4-2-3-17(14-19)21-6-8-23(30-29-21)32-9-11-37-12-10-32/h2-8,14-16,31H,9-13H2,1H3. The summed E-state index contributed by atoms with van der Waals surface area (Å²) in [6.45, 7) is 4.18. The number of hydrogen-bond acceptors (Lipinski definition) is 7. The van der Waals surface area contributed by atoms with Crippen molar-refractivity contribution in [2.45, 2.75) is 30.5 Å². The van der Waals surface area contributed by atoms with Gasteiger partial charge in [0.2, 0.25) is 0 Å². The van der Waals surface area contributed by atoms with Gasteiger partial charge in [-0.15, -0.1) is 10.2 Å². The normalized spacial score (nSPS) is 17.8. The van der Waals surface area contributed by atoms with Gasteiger partial charge in [-0.25, -0.2) is 8.42 Å². The van der Waals surface area contributed by atoms with Gasteiger partial charge >= 0.3 is 12.1 Å². The number of ether oxygens (including phenoxy) is 1. The molecule has 13 heteroatoms. The summed E-state index contributed by atoms with van der Waals surface area (Å²) in [5.74, 6) is -1.24. The Kier molecular flexibility index (Phi) is 6.73. The second-order valence-corrected chi connectivity index (χ2v) is 10.8. The predicted octanol–water partition coefficient (Wildman–Crippen LogP) is 3.62. The van der Waals surface area contributed by atoms with E-state index in [-0.39, 0.29) is 22.7 Å². The first-order valence-corrected chi connectivity index (χ1v) is 13.3. The maximum absolute atomic E-state index is 13.1. The number of carbonyl (C=O) groups is 1. The van der Waals surface area contributed by atoms with E-state index < -0.39 is 28.1 Å². The number of sulfonamides is 1. The van der Waals surface area contributed by atoms with Crippen LogP contribution in [0.4, 0.5) is 30.4 Å². The molecule has 0 spiro atoms. The van der Waals surface area contributed by atoms with Gasteiger partial charge in [-0.05, 0) is 61.4 Å². The van der Waals surface area contributed by atoms with Crippen molar-refractivity contribution in [3.05, 3.63) is 60.2 Å². The zero-order chi connectivity index (χ0) is 27.1. The molecule has 3 aromatic rings. The highest BCUT2D eigenvalue weighted by Gasteiger charge is 2.47. The van der Waals surface area contributed by atoms with Crippen molar-refractivity contribution in [1.82, 2.24) is 10.2 Å². The van der Waals surface area contributed by atoms with Crippen LogP contribution in [0.2, 0.25) is 0 Å². The highest BCUT2D eigenvalue weighted by Crippen LogP contribution is 2.37. The zero-order valence-corrected chi connectivity index (χ0v) is 21.1. The molecule has 1 aromatic heterocycles. The Balaban J connectivity index is 1.34. The second-order valence-electron chi connectivity index (χ2n) is 9.08. The van der Waals surface area contributed by atoms with Gasteiger partial charge in [0, 0.05) is 36.1 Å². The third-order valence-electron chi connectivity index (χ3n) is 6.43. The monoisotopic (exact) mass is 547 g/mol. The molecule has 38 heavy (non-hydrogen) atoms. The lowest BCUT2D eigenvalue weighted by atomic mass is 10.1. The van der Waals surface area contributed by atoms with E-state index in [0.717, 1.165) is 18.9 Å². The van der Waals surface area contributed by atoms with Gasteiger partial charge in [0.05, 0.1) is 23.8 Å². The maximum Gasteiger partial charge on any atom is 0.471 e. The molecule has 1 atom stereocenters. The number of rotatable bonds is 5. The van der Waals surface area contributed by atoms with E-state index in [9.17, 15) is 26.4 Å². The number of amides is 1. The first kappa shape index (κ1) is 25.9. The number of aromatic nitrogens is 2. The quantitative estimate of drug-likeness (QED) is 0.520. The molecular formula is C25H24F3N5O4S. The van der Waals surface area contributed by atoms with Crippen molar-refractivity contribution in [2.75, 3.05) is 40.8 Å². The Morgan fingerprint density at radius 1 is 1.05 bits per heavy atom. The molecule has 1 unspecified atom stereocenters. The minimum absolute atomic E-state index is 0.0554. The number of carbonyl (C=O) groups excluding carboxylic acids is 1. The molecule has 0 radical (unpaired) electrons. The lowest BCUT2D eigenvalue weighted by molar-refractivity contribution is -0.170. The van der Waals surface area contributed by atoms with Crippen molar-refractivity contribution in [3.8, 4) is 11.3 Å². The van der Waals surface area contributed by atoms with Crippen molar-refractivity contribution in [2.24, 2.45) is 0 Å². The lowest BCUT2D eigenvalue weighted by Crippen LogP contribution is -2.44. The average Bonchev–Trinajstić information content (AvgIpc) is 3.23. The number of alkyl halides is 3. The van der Waals surface area contributed by atoms with E-state index in [1.165, 1.54) is 25.1 Å². The Hall–Kier alpha value is -3.71. The molecule has 9 nitrogen and oxygen atoms in total. The van der Waals surface area contributed by atoms with Gasteiger partial charge in [0.15, 0.2) is 5.82 Å². The minimum Gasteiger partial charge on any atom is -0.378 e. The largest absolute Gasteiger partial charge is 0.471 e. The molecule has 5 rings (SSSR count). The van der Waals surface area contributed by atoms with Crippen LogP contribution in [0.1, 0.15) is 12.5 Å². The molecule has 2 aliphatic rings. The van der Waals surface area contributed by atoms with Crippen LogP contribution in [0.5, 0.6) is 0 Å². The minimum atomic E-state index is -5.03. The lowest BCUT2D eigenvalue weighted by Gasteiger charge is -2.27. The Bertz CT molecular complexity index is 1460. The molecule has 0 saturated carbocycles. The van der Waals surface area contributed by atoms with Crippen LogP contribution < -0.4 is 14.5 Å². The molecule has 200 valence electrons. The summed E-state index contributed by atoms with van der Waals surface area (Å²) in [5, 5.41) is 8.57. The van der Waals surface area contributed by atoms with Gasteiger partial charge in [-0.3, -0.25) is 9.52 Å². The fourth-order valence-electron chi connectivity index (χ4n) is 4.62. The van der Waals surface area contributed by atoms with Gasteiger partial charge in [0.25, 0.3) is 10.0 Å². The Morgan fingerprint density at radius 3 is 2.50 bits per heavy atom. The van der Waals surface area contributed by atoms with Crippen molar-refractivity contribution < 1.29 is 31.1 Å². The van der Waals surface area contributed by atoms with E-state index in [0.29, 0.717) is 34.9 Å². The summed E-state index contributed by atoms with van der Waals surface area (Å²) in [6.07, 6.45) is -4.92. The van der Waals surface area contributed by atoms with Gasteiger partial charge < -0.3 is 14.5 Å². The van der Waals surface area contributed by atoms with E-state index >= 15 is 0 Å². The predicted molar refractivity (Wildman–Crippen MR) is 134 cm³/mol. The number of benzene rings is 2. The average molecular weight is 548 g/mol. The van der Waals surface area contributed by atoms with Crippen molar-refractivity contribution in [1.29, 1.82) is 0 Å².